The number of fused-ring (bicyclic) bond motifs is 1. The first-order valence-electron chi connectivity index (χ1n) is 8.08. The van der Waals surface area contributed by atoms with E-state index in [1.165, 1.54) is 12.1 Å². The van der Waals surface area contributed by atoms with Gasteiger partial charge in [-0.15, -0.1) is 0 Å². The molecule has 142 valence electrons. The number of nitrogens with zero attached hydrogens (tertiary/aromatic N) is 1. The zero-order valence-corrected chi connectivity index (χ0v) is 15.2. The molecule has 0 saturated carbocycles. The van der Waals surface area contributed by atoms with E-state index in [0.29, 0.717) is 24.3 Å². The minimum atomic E-state index is -5.72. The highest BCUT2D eigenvalue weighted by molar-refractivity contribution is 7.88. The Hall–Kier alpha value is -1.48. The van der Waals surface area contributed by atoms with Gasteiger partial charge >= 0.3 is 15.6 Å². The largest absolute Gasteiger partial charge is 0.534 e. The van der Waals surface area contributed by atoms with E-state index in [9.17, 15) is 21.6 Å². The topological polar surface area (TPSA) is 55.8 Å². The van der Waals surface area contributed by atoms with Crippen LogP contribution in [0.15, 0.2) is 18.2 Å². The lowest BCUT2D eigenvalue weighted by Gasteiger charge is -2.37. The van der Waals surface area contributed by atoms with Crippen LogP contribution in [0.25, 0.3) is 0 Å². The molecule has 1 atom stereocenters. The van der Waals surface area contributed by atoms with Crippen molar-refractivity contribution in [1.29, 1.82) is 0 Å². The van der Waals surface area contributed by atoms with E-state index >= 15 is 0 Å². The minimum absolute atomic E-state index is 0.0641. The molecule has 0 bridgehead atoms. The highest BCUT2D eigenvalue weighted by atomic mass is 32.2. The molecule has 0 saturated heterocycles. The van der Waals surface area contributed by atoms with Crippen LogP contribution in [0.2, 0.25) is 0 Å². The van der Waals surface area contributed by atoms with Gasteiger partial charge in [0.25, 0.3) is 0 Å². The van der Waals surface area contributed by atoms with Crippen LogP contribution in [-0.2, 0) is 16.5 Å². The van der Waals surface area contributed by atoms with Gasteiger partial charge in [0.05, 0.1) is 0 Å². The molecule has 1 aliphatic heterocycles. The van der Waals surface area contributed by atoms with E-state index in [0.717, 1.165) is 13.0 Å². The molecular weight excluding hydrogens is 359 g/mol. The van der Waals surface area contributed by atoms with Gasteiger partial charge in [0, 0.05) is 17.6 Å². The highest BCUT2D eigenvalue weighted by Gasteiger charge is 2.49. The van der Waals surface area contributed by atoms with Gasteiger partial charge < -0.3 is 8.92 Å². The second-order valence-corrected chi connectivity index (χ2v) is 7.75. The summed E-state index contributed by atoms with van der Waals surface area (Å²) in [4.78, 5) is 2.19. The van der Waals surface area contributed by atoms with Crippen LogP contribution in [0.4, 0.5) is 13.2 Å². The van der Waals surface area contributed by atoms with Gasteiger partial charge in [0.1, 0.15) is 18.1 Å². The first kappa shape index (κ1) is 19.8. The standard InChI is InChI=1S/C16H22F3NO4S/c1-4-8-20(11(2)3)12-9-13-14(23-10-12)6-5-7-15(13)24-25(21,22)16(17,18)19/h5-7,11-12H,4,8-10H2,1-3H3/t12-/m1/s1. The zero-order valence-electron chi connectivity index (χ0n) is 14.3. The average molecular weight is 381 g/mol. The van der Waals surface area contributed by atoms with Crippen molar-refractivity contribution >= 4 is 10.1 Å². The van der Waals surface area contributed by atoms with Gasteiger partial charge in [-0.05, 0) is 45.4 Å². The fraction of sp³-hybridized carbons (Fsp3) is 0.625. The maximum absolute atomic E-state index is 12.6. The fourth-order valence-corrected chi connectivity index (χ4v) is 3.43. The minimum Gasteiger partial charge on any atom is -0.492 e. The Kier molecular flexibility index (Phi) is 5.88. The summed E-state index contributed by atoms with van der Waals surface area (Å²) in [5.74, 6) is 0.0195. The van der Waals surface area contributed by atoms with Crippen LogP contribution < -0.4 is 8.92 Å². The van der Waals surface area contributed by atoms with E-state index in [1.807, 2.05) is 20.8 Å². The summed E-state index contributed by atoms with van der Waals surface area (Å²) in [6.45, 7) is 7.30. The Morgan fingerprint density at radius 1 is 1.36 bits per heavy atom. The van der Waals surface area contributed by atoms with E-state index in [2.05, 4.69) is 9.08 Å². The molecule has 25 heavy (non-hydrogen) atoms. The lowest BCUT2D eigenvalue weighted by atomic mass is 9.99. The average Bonchev–Trinajstić information content (AvgIpc) is 2.51. The summed E-state index contributed by atoms with van der Waals surface area (Å²) in [5.41, 5.74) is -5.13. The normalized spacial score (nSPS) is 18.2. The Morgan fingerprint density at radius 2 is 2.04 bits per heavy atom. The van der Waals surface area contributed by atoms with Crippen LogP contribution in [0.1, 0.15) is 32.8 Å². The molecule has 0 N–H and O–H groups in total. The predicted octanol–water partition coefficient (Wildman–Crippen LogP) is 3.34. The van der Waals surface area contributed by atoms with Crippen molar-refractivity contribution < 1.29 is 30.5 Å². The predicted molar refractivity (Wildman–Crippen MR) is 87.2 cm³/mol. The maximum atomic E-state index is 12.6. The van der Waals surface area contributed by atoms with Crippen molar-refractivity contribution in [2.75, 3.05) is 13.2 Å². The van der Waals surface area contributed by atoms with Gasteiger partial charge in [-0.1, -0.05) is 13.0 Å². The van der Waals surface area contributed by atoms with Gasteiger partial charge in [-0.2, -0.15) is 21.6 Å². The smallest absolute Gasteiger partial charge is 0.492 e. The molecule has 0 spiro atoms. The second kappa shape index (κ2) is 7.41. The first-order valence-corrected chi connectivity index (χ1v) is 9.48. The quantitative estimate of drug-likeness (QED) is 0.559. The maximum Gasteiger partial charge on any atom is 0.534 e. The first-order chi connectivity index (χ1) is 11.6. The van der Waals surface area contributed by atoms with E-state index in [1.54, 1.807) is 6.07 Å². The molecule has 1 heterocycles. The van der Waals surface area contributed by atoms with Gasteiger partial charge in [-0.25, -0.2) is 0 Å². The molecule has 0 fully saturated rings. The number of rotatable bonds is 6. The molecule has 1 aliphatic rings. The van der Waals surface area contributed by atoms with Crippen molar-refractivity contribution in [3.63, 3.8) is 0 Å². The lowest BCUT2D eigenvalue weighted by molar-refractivity contribution is -0.0500. The number of benzene rings is 1. The van der Waals surface area contributed by atoms with E-state index in [-0.39, 0.29) is 17.8 Å². The molecule has 9 heteroatoms. The monoisotopic (exact) mass is 381 g/mol. The molecule has 0 radical (unpaired) electrons. The molecule has 1 aromatic rings. The number of hydrogen-bond acceptors (Lipinski definition) is 5. The molecule has 0 aliphatic carbocycles. The third kappa shape index (κ3) is 4.38. The van der Waals surface area contributed by atoms with Gasteiger partial charge in [-0.3, -0.25) is 4.90 Å². The van der Waals surface area contributed by atoms with Gasteiger partial charge in [0.15, 0.2) is 0 Å². The molecule has 1 aromatic carbocycles. The molecule has 0 unspecified atom stereocenters. The Bertz CT molecular complexity index is 704. The zero-order chi connectivity index (χ0) is 18.8. The van der Waals surface area contributed by atoms with Crippen LogP contribution in [0.3, 0.4) is 0 Å². The van der Waals surface area contributed by atoms with Crippen molar-refractivity contribution in [3.05, 3.63) is 23.8 Å². The van der Waals surface area contributed by atoms with Crippen molar-refractivity contribution in [1.82, 2.24) is 4.90 Å². The summed E-state index contributed by atoms with van der Waals surface area (Å²) >= 11 is 0. The number of ether oxygens (including phenoxy) is 1. The third-order valence-electron chi connectivity index (χ3n) is 4.06. The van der Waals surface area contributed by atoms with Crippen LogP contribution >= 0.6 is 0 Å². The van der Waals surface area contributed by atoms with Crippen molar-refractivity contribution in [2.45, 2.75) is 51.2 Å². The van der Waals surface area contributed by atoms with E-state index < -0.39 is 15.6 Å². The second-order valence-electron chi connectivity index (χ2n) is 6.22. The summed E-state index contributed by atoms with van der Waals surface area (Å²) in [7, 11) is -5.72. The molecule has 2 rings (SSSR count). The van der Waals surface area contributed by atoms with E-state index in [4.69, 9.17) is 4.74 Å². The van der Waals surface area contributed by atoms with Crippen LogP contribution in [-0.4, -0.2) is 44.1 Å². The van der Waals surface area contributed by atoms with Crippen molar-refractivity contribution in [2.24, 2.45) is 0 Å². The number of halogens is 3. The number of alkyl halides is 3. The summed E-state index contributed by atoms with van der Waals surface area (Å²) < 4.78 is 70.5. The molecule has 0 amide bonds. The van der Waals surface area contributed by atoms with Crippen LogP contribution in [0.5, 0.6) is 11.5 Å². The Balaban J connectivity index is 2.32. The molecule has 5 nitrogen and oxygen atoms in total. The van der Waals surface area contributed by atoms with Crippen molar-refractivity contribution in [3.8, 4) is 11.5 Å². The molecule has 0 aromatic heterocycles. The Labute approximate surface area is 145 Å². The summed E-state index contributed by atoms with van der Waals surface area (Å²) in [5, 5.41) is 0. The lowest BCUT2D eigenvalue weighted by Crippen LogP contribution is -2.47. The molecular formula is C16H22F3NO4S. The summed E-state index contributed by atoms with van der Waals surface area (Å²) in [6, 6.07) is 4.38. The van der Waals surface area contributed by atoms with Crippen LogP contribution in [0, 0.1) is 0 Å². The number of hydrogen-bond donors (Lipinski definition) is 0. The third-order valence-corrected chi connectivity index (χ3v) is 5.02. The van der Waals surface area contributed by atoms with Gasteiger partial charge in [0.2, 0.25) is 0 Å². The SMILES string of the molecule is CCCN(C(C)C)[C@H]1COc2cccc(OS(=O)(=O)C(F)(F)F)c2C1. The fourth-order valence-electron chi connectivity index (χ4n) is 2.94. The highest BCUT2D eigenvalue weighted by Crippen LogP contribution is 2.37. The summed E-state index contributed by atoms with van der Waals surface area (Å²) in [6.07, 6.45) is 1.28. The Morgan fingerprint density at radius 3 is 2.60 bits per heavy atom.